The van der Waals surface area contributed by atoms with Gasteiger partial charge >= 0.3 is 0 Å². The molecule has 0 atom stereocenters. The third-order valence-corrected chi connectivity index (χ3v) is 2.18. The molecule has 78 valence electrons. The summed E-state index contributed by atoms with van der Waals surface area (Å²) in [5.74, 6) is -0.438. The lowest BCUT2D eigenvalue weighted by Gasteiger charge is -2.06. The summed E-state index contributed by atoms with van der Waals surface area (Å²) in [4.78, 5) is 0. The molecule has 0 saturated heterocycles. The molecule has 0 aliphatic rings. The van der Waals surface area contributed by atoms with Gasteiger partial charge in [-0.05, 0) is 18.2 Å². The highest BCUT2D eigenvalue weighted by molar-refractivity contribution is 7.92. The highest BCUT2D eigenvalue weighted by Gasteiger charge is 2.05. The molecule has 0 aliphatic carbocycles. The second-order valence-electron chi connectivity index (χ2n) is 2.88. The van der Waals surface area contributed by atoms with E-state index in [1.807, 2.05) is 0 Å². The molecule has 0 aliphatic heterocycles. The normalized spacial score (nSPS) is 11.4. The van der Waals surface area contributed by atoms with Crippen molar-refractivity contribution < 1.29 is 12.8 Å². The first-order valence-corrected chi connectivity index (χ1v) is 5.78. The number of anilines is 1. The molecule has 1 aromatic carbocycles. The molecule has 0 amide bonds. The van der Waals surface area contributed by atoms with E-state index in [0.29, 0.717) is 5.69 Å². The van der Waals surface area contributed by atoms with Gasteiger partial charge in [-0.2, -0.15) is 0 Å². The highest BCUT2D eigenvalue weighted by atomic mass is 32.2. The van der Waals surface area contributed by atoms with E-state index in [-0.39, 0.29) is 12.1 Å². The second kappa shape index (κ2) is 3.93. The first kappa shape index (κ1) is 10.9. The van der Waals surface area contributed by atoms with Crippen molar-refractivity contribution in [3.8, 4) is 0 Å². The lowest BCUT2D eigenvalue weighted by atomic mass is 10.2. The Kier molecular flexibility index (Phi) is 3.07. The molecular formula is C8H11FN2O2S. The van der Waals surface area contributed by atoms with Crippen LogP contribution in [0.2, 0.25) is 0 Å². The summed E-state index contributed by atoms with van der Waals surface area (Å²) in [5, 5.41) is 0. The largest absolute Gasteiger partial charge is 0.326 e. The van der Waals surface area contributed by atoms with Crippen molar-refractivity contribution in [2.24, 2.45) is 5.73 Å². The Morgan fingerprint density at radius 2 is 2.14 bits per heavy atom. The Labute approximate surface area is 82.0 Å². The Morgan fingerprint density at radius 3 is 2.64 bits per heavy atom. The molecule has 6 heteroatoms. The van der Waals surface area contributed by atoms with Gasteiger partial charge in [0.25, 0.3) is 0 Å². The fraction of sp³-hybridized carbons (Fsp3) is 0.250. The zero-order chi connectivity index (χ0) is 10.8. The molecule has 4 nitrogen and oxygen atoms in total. The first-order valence-electron chi connectivity index (χ1n) is 3.88. The van der Waals surface area contributed by atoms with Gasteiger partial charge in [-0.3, -0.25) is 4.72 Å². The molecule has 0 spiro atoms. The fourth-order valence-electron chi connectivity index (χ4n) is 1.01. The zero-order valence-electron chi connectivity index (χ0n) is 7.62. The standard InChI is InChI=1S/C8H11FN2O2S/c1-14(12,13)11-7-2-3-8(9)6(4-7)5-10/h2-4,11H,5,10H2,1H3. The van der Waals surface area contributed by atoms with E-state index in [9.17, 15) is 12.8 Å². The van der Waals surface area contributed by atoms with Gasteiger partial charge in [0.05, 0.1) is 6.26 Å². The van der Waals surface area contributed by atoms with Crippen molar-refractivity contribution in [3.63, 3.8) is 0 Å². The van der Waals surface area contributed by atoms with Crippen LogP contribution in [0.5, 0.6) is 0 Å². The number of benzene rings is 1. The molecule has 0 aromatic heterocycles. The number of rotatable bonds is 3. The summed E-state index contributed by atoms with van der Waals surface area (Å²) in [6.07, 6.45) is 1.03. The Bertz CT molecular complexity index is 431. The fourth-order valence-corrected chi connectivity index (χ4v) is 1.56. The highest BCUT2D eigenvalue weighted by Crippen LogP contribution is 2.14. The van der Waals surface area contributed by atoms with Crippen LogP contribution in [0.25, 0.3) is 0 Å². The van der Waals surface area contributed by atoms with Crippen LogP contribution in [0.15, 0.2) is 18.2 Å². The third kappa shape index (κ3) is 2.97. The molecule has 0 fully saturated rings. The number of nitrogens with two attached hydrogens (primary N) is 1. The van der Waals surface area contributed by atoms with Crippen molar-refractivity contribution >= 4 is 15.7 Å². The van der Waals surface area contributed by atoms with E-state index in [4.69, 9.17) is 5.73 Å². The minimum Gasteiger partial charge on any atom is -0.326 e. The number of hydrogen-bond donors (Lipinski definition) is 2. The minimum absolute atomic E-state index is 0.0329. The predicted octanol–water partition coefficient (Wildman–Crippen LogP) is 0.656. The molecule has 0 heterocycles. The molecule has 0 radical (unpaired) electrons. The van der Waals surface area contributed by atoms with Gasteiger partial charge in [0.2, 0.25) is 10.0 Å². The van der Waals surface area contributed by atoms with Gasteiger partial charge in [-0.25, -0.2) is 12.8 Å². The minimum atomic E-state index is -3.33. The number of hydrogen-bond acceptors (Lipinski definition) is 3. The van der Waals surface area contributed by atoms with E-state index in [1.54, 1.807) is 0 Å². The maximum Gasteiger partial charge on any atom is 0.229 e. The average Bonchev–Trinajstić information content (AvgIpc) is 2.06. The van der Waals surface area contributed by atoms with Crippen molar-refractivity contribution in [1.29, 1.82) is 0 Å². The Morgan fingerprint density at radius 1 is 1.50 bits per heavy atom. The summed E-state index contributed by atoms with van der Waals surface area (Å²) in [6, 6.07) is 3.89. The summed E-state index contributed by atoms with van der Waals surface area (Å²) >= 11 is 0. The summed E-state index contributed by atoms with van der Waals surface area (Å²) in [6.45, 7) is 0.0329. The van der Waals surface area contributed by atoms with Crippen LogP contribution in [-0.4, -0.2) is 14.7 Å². The summed E-state index contributed by atoms with van der Waals surface area (Å²) in [5.41, 5.74) is 5.86. The van der Waals surface area contributed by atoms with Gasteiger partial charge in [-0.1, -0.05) is 0 Å². The van der Waals surface area contributed by atoms with Crippen LogP contribution >= 0.6 is 0 Å². The Balaban J connectivity index is 3.01. The molecule has 3 N–H and O–H groups in total. The number of sulfonamides is 1. The molecule has 0 bridgehead atoms. The van der Waals surface area contributed by atoms with Crippen LogP contribution < -0.4 is 10.5 Å². The van der Waals surface area contributed by atoms with Crippen molar-refractivity contribution in [1.82, 2.24) is 0 Å². The van der Waals surface area contributed by atoms with E-state index in [2.05, 4.69) is 4.72 Å². The van der Waals surface area contributed by atoms with E-state index in [0.717, 1.165) is 6.26 Å². The smallest absolute Gasteiger partial charge is 0.229 e. The monoisotopic (exact) mass is 218 g/mol. The maximum atomic E-state index is 12.9. The number of halogens is 1. The maximum absolute atomic E-state index is 12.9. The summed E-state index contributed by atoms with van der Waals surface area (Å²) in [7, 11) is -3.33. The SMILES string of the molecule is CS(=O)(=O)Nc1ccc(F)c(CN)c1. The van der Waals surface area contributed by atoms with Crippen LogP contribution in [0.3, 0.4) is 0 Å². The van der Waals surface area contributed by atoms with Crippen molar-refractivity contribution in [2.45, 2.75) is 6.54 Å². The Hall–Kier alpha value is -1.14. The number of nitrogens with one attached hydrogen (secondary N) is 1. The lowest BCUT2D eigenvalue weighted by Crippen LogP contribution is -2.10. The van der Waals surface area contributed by atoms with Gasteiger partial charge in [-0.15, -0.1) is 0 Å². The van der Waals surface area contributed by atoms with Crippen LogP contribution in [0.1, 0.15) is 5.56 Å². The zero-order valence-corrected chi connectivity index (χ0v) is 8.44. The molecular weight excluding hydrogens is 207 g/mol. The van der Waals surface area contributed by atoms with Gasteiger partial charge in [0.1, 0.15) is 5.82 Å². The molecule has 0 saturated carbocycles. The van der Waals surface area contributed by atoms with Gasteiger partial charge < -0.3 is 5.73 Å². The molecule has 1 rings (SSSR count). The summed E-state index contributed by atoms with van der Waals surface area (Å²) < 4.78 is 36.9. The molecule has 1 aromatic rings. The van der Waals surface area contributed by atoms with E-state index < -0.39 is 15.8 Å². The third-order valence-electron chi connectivity index (χ3n) is 1.57. The van der Waals surface area contributed by atoms with Gasteiger partial charge in [0, 0.05) is 17.8 Å². The topological polar surface area (TPSA) is 72.2 Å². The predicted molar refractivity (Wildman–Crippen MR) is 52.8 cm³/mol. The lowest BCUT2D eigenvalue weighted by molar-refractivity contribution is 0.605. The van der Waals surface area contributed by atoms with Crippen molar-refractivity contribution in [3.05, 3.63) is 29.6 Å². The quantitative estimate of drug-likeness (QED) is 0.782. The van der Waals surface area contributed by atoms with Crippen LogP contribution in [0.4, 0.5) is 10.1 Å². The average molecular weight is 218 g/mol. The first-order chi connectivity index (χ1) is 6.42. The van der Waals surface area contributed by atoms with Crippen LogP contribution in [0, 0.1) is 5.82 Å². The van der Waals surface area contributed by atoms with E-state index >= 15 is 0 Å². The van der Waals surface area contributed by atoms with Gasteiger partial charge in [0.15, 0.2) is 0 Å². The van der Waals surface area contributed by atoms with Crippen molar-refractivity contribution in [2.75, 3.05) is 11.0 Å². The second-order valence-corrected chi connectivity index (χ2v) is 4.63. The molecule has 14 heavy (non-hydrogen) atoms. The van der Waals surface area contributed by atoms with Crippen LogP contribution in [-0.2, 0) is 16.6 Å². The molecule has 0 unspecified atom stereocenters. The van der Waals surface area contributed by atoms with E-state index in [1.165, 1.54) is 18.2 Å².